The predicted octanol–water partition coefficient (Wildman–Crippen LogP) is 4.32. The Bertz CT molecular complexity index is 801. The van der Waals surface area contributed by atoms with Gasteiger partial charge in [-0.1, -0.05) is 28.1 Å². The van der Waals surface area contributed by atoms with Crippen molar-refractivity contribution in [2.45, 2.75) is 12.3 Å². The van der Waals surface area contributed by atoms with Gasteiger partial charge < -0.3 is 0 Å². The fourth-order valence-electron chi connectivity index (χ4n) is 1.48. The van der Waals surface area contributed by atoms with Crippen LogP contribution in [-0.2, 0) is 5.33 Å². The van der Waals surface area contributed by atoms with Gasteiger partial charge in [-0.15, -0.1) is 0 Å². The van der Waals surface area contributed by atoms with Gasteiger partial charge in [0.05, 0.1) is 23.3 Å². The van der Waals surface area contributed by atoms with Crippen molar-refractivity contribution >= 4 is 60.9 Å². The molecule has 2 aromatic carbocycles. The topological polar surface area (TPSA) is 83.8 Å². The van der Waals surface area contributed by atoms with Crippen LogP contribution in [0.15, 0.2) is 40.7 Å². The van der Waals surface area contributed by atoms with E-state index in [1.807, 2.05) is 12.1 Å². The molecule has 11 heteroatoms. The number of aryl methyl sites for hydroxylation is 1. The summed E-state index contributed by atoms with van der Waals surface area (Å²) in [7, 11) is 4.34. The molecule has 0 aromatic heterocycles. The van der Waals surface area contributed by atoms with Crippen LogP contribution in [0.25, 0.3) is 0 Å². The van der Waals surface area contributed by atoms with Crippen molar-refractivity contribution in [1.29, 1.82) is 14.9 Å². The minimum atomic E-state index is -0.369. The molecule has 0 amide bonds. The number of nitrogens with zero attached hydrogens (tertiary/aromatic N) is 3. The Kier molecular flexibility index (Phi) is 21.3. The molecule has 133 valence electrons. The zero-order valence-corrected chi connectivity index (χ0v) is 18.0. The number of nitriles is 2. The molecule has 0 saturated carbocycles. The number of hydrogen-bond acceptors (Lipinski definition) is 5. The quantitative estimate of drug-likeness (QED) is 0.378. The number of nitrogens with one attached hydrogen (secondary N) is 1. The van der Waals surface area contributed by atoms with Crippen LogP contribution in [0.1, 0.15) is 22.3 Å². The van der Waals surface area contributed by atoms with Gasteiger partial charge in [0.15, 0.2) is 0 Å². The second-order valence-corrected chi connectivity index (χ2v) is 5.03. The van der Waals surface area contributed by atoms with Gasteiger partial charge in [-0.3, -0.25) is 0 Å². The summed E-state index contributed by atoms with van der Waals surface area (Å²) in [5.74, 6) is -0.728. The van der Waals surface area contributed by atoms with Gasteiger partial charge in [0.2, 0.25) is 0 Å². The molecule has 27 heavy (non-hydrogen) atoms. The van der Waals surface area contributed by atoms with Crippen LogP contribution < -0.4 is 0 Å². The molecule has 0 aliphatic heterocycles. The second-order valence-electron chi connectivity index (χ2n) is 4.23. The average Bonchev–Trinajstić information content (AvgIpc) is 2.66. The summed E-state index contributed by atoms with van der Waals surface area (Å²) >= 11 is 8.06. The number of halogens is 3. The van der Waals surface area contributed by atoms with Crippen LogP contribution in [-0.4, -0.2) is 32.1 Å². The van der Waals surface area contributed by atoms with Gasteiger partial charge in [0.1, 0.15) is 11.6 Å². The standard InChI is InChI=1S/C8H5BrFN.C8H6FN.Al.BHNS.B.HN/c9-4-6-1-2-8(10)3-7(6)5-11;1-6-2-3-8(9)4-7(6)5-10;;1-2-3;;/h1-3H,4H2;2-4H,1H3;;3H;;1H. The van der Waals surface area contributed by atoms with Crippen molar-refractivity contribution in [3.8, 4) is 12.1 Å². The second kappa shape index (κ2) is 19.1. The summed E-state index contributed by atoms with van der Waals surface area (Å²) in [4.78, 5) is 0. The molecule has 0 saturated heterocycles. The Labute approximate surface area is 183 Å². The van der Waals surface area contributed by atoms with Crippen molar-refractivity contribution in [2.24, 2.45) is 4.30 Å². The van der Waals surface area contributed by atoms with Crippen LogP contribution in [0, 0.1) is 45.6 Å². The summed E-state index contributed by atoms with van der Waals surface area (Å²) in [6.07, 6.45) is 0. The van der Waals surface area contributed by atoms with Gasteiger partial charge in [-0.05, 0) is 42.3 Å². The van der Waals surface area contributed by atoms with Crippen molar-refractivity contribution in [3.05, 3.63) is 70.3 Å². The van der Waals surface area contributed by atoms with E-state index in [1.165, 1.54) is 24.3 Å². The van der Waals surface area contributed by atoms with E-state index < -0.39 is 0 Å². The third kappa shape index (κ3) is 13.2. The molecule has 5 radical (unpaired) electrons. The van der Waals surface area contributed by atoms with E-state index in [9.17, 15) is 8.78 Å². The van der Waals surface area contributed by atoms with Crippen LogP contribution >= 0.6 is 28.7 Å². The molecule has 1 N–H and O–H groups in total. The van der Waals surface area contributed by atoms with E-state index in [0.717, 1.165) is 11.1 Å². The summed E-state index contributed by atoms with van der Waals surface area (Å²) in [5.41, 5.74) is 2.42. The first-order valence-electron chi connectivity index (χ1n) is 6.67. The first-order chi connectivity index (χ1) is 12.4. The predicted molar refractivity (Wildman–Crippen MR) is 111 cm³/mol. The number of alkyl halides is 1. The Hall–Kier alpha value is -1.63. The van der Waals surface area contributed by atoms with E-state index in [1.54, 1.807) is 35.2 Å². The van der Waals surface area contributed by atoms with Gasteiger partial charge in [0.25, 0.3) is 0 Å². The van der Waals surface area contributed by atoms with E-state index in [2.05, 4.69) is 40.7 Å². The SMILES string of the molecule is Cc1ccc(F)cc1C#N.N#Cc1cc(F)ccc1CBr.[B].[B]=NS.[NH]=[Al]. The molecule has 0 aliphatic rings. The molecular formula is C16H13AlB2BrF2N4S. The van der Waals surface area contributed by atoms with Crippen LogP contribution in [0.5, 0.6) is 0 Å². The van der Waals surface area contributed by atoms with Gasteiger partial charge in [-0.2, -0.15) is 10.5 Å². The van der Waals surface area contributed by atoms with Gasteiger partial charge >= 0.3 is 45.2 Å². The Morgan fingerprint density at radius 1 is 1.11 bits per heavy atom. The van der Waals surface area contributed by atoms with Crippen molar-refractivity contribution in [3.63, 3.8) is 0 Å². The van der Waals surface area contributed by atoms with Crippen molar-refractivity contribution < 1.29 is 8.78 Å². The summed E-state index contributed by atoms with van der Waals surface area (Å²) in [6, 6.07) is 12.2. The molecule has 0 unspecified atom stereocenters. The third-order valence-electron chi connectivity index (χ3n) is 2.66. The van der Waals surface area contributed by atoms with Crippen molar-refractivity contribution in [1.82, 2.24) is 0 Å². The summed E-state index contributed by atoms with van der Waals surface area (Å²) in [5, 5.41) is 17.5. The third-order valence-corrected chi connectivity index (χ3v) is 3.26. The number of hydrogen-bond donors (Lipinski definition) is 2. The Balaban J connectivity index is -0.000000336. The average molecular weight is 460 g/mol. The number of rotatable bonds is 1. The first-order valence-corrected chi connectivity index (χ1v) is 8.77. The van der Waals surface area contributed by atoms with Crippen LogP contribution in [0.3, 0.4) is 0 Å². The molecule has 0 spiro atoms. The molecule has 2 rings (SSSR count). The van der Waals surface area contributed by atoms with E-state index in [0.29, 0.717) is 16.5 Å². The van der Waals surface area contributed by atoms with Crippen LogP contribution in [0.2, 0.25) is 0 Å². The zero-order valence-electron chi connectivity index (χ0n) is 14.3. The maximum atomic E-state index is 12.5. The fourth-order valence-corrected chi connectivity index (χ4v) is 1.97. The normalized spacial score (nSPS) is 7.59. The number of thiol groups is 1. The fraction of sp³-hybridized carbons (Fsp3) is 0.125. The van der Waals surface area contributed by atoms with Crippen LogP contribution in [0.4, 0.5) is 8.78 Å². The van der Waals surface area contributed by atoms with Gasteiger partial charge in [0, 0.05) is 13.7 Å². The van der Waals surface area contributed by atoms with E-state index >= 15 is 0 Å². The Morgan fingerprint density at radius 2 is 1.52 bits per heavy atom. The minimum absolute atomic E-state index is 0. The molecule has 0 bridgehead atoms. The van der Waals surface area contributed by atoms with Crippen molar-refractivity contribution in [2.75, 3.05) is 0 Å². The molecule has 0 fully saturated rings. The molecule has 0 atom stereocenters. The zero-order chi connectivity index (χ0) is 20.5. The summed E-state index contributed by atoms with van der Waals surface area (Å²) < 4.78 is 33.2. The molecule has 0 heterocycles. The molecule has 4 nitrogen and oxygen atoms in total. The Morgan fingerprint density at radius 3 is 1.89 bits per heavy atom. The molecule has 0 aliphatic carbocycles. The summed E-state index contributed by atoms with van der Waals surface area (Å²) in [6.45, 7) is 1.78. The first kappa shape index (κ1) is 30.1. The monoisotopic (exact) mass is 459 g/mol. The molecule has 2 aromatic rings. The van der Waals surface area contributed by atoms with Gasteiger partial charge in [-0.25, -0.2) is 8.78 Å². The molecular weight excluding hydrogens is 447 g/mol. The maximum absolute atomic E-state index is 12.5. The van der Waals surface area contributed by atoms with E-state index in [-0.39, 0.29) is 20.0 Å². The van der Waals surface area contributed by atoms with E-state index in [4.69, 9.17) is 14.9 Å². The number of benzene rings is 2.